The first-order valence-electron chi connectivity index (χ1n) is 7.72. The van der Waals surface area contributed by atoms with E-state index in [2.05, 4.69) is 38.4 Å². The number of amides is 2. The molecule has 8 heteroatoms. The first kappa shape index (κ1) is 20.7. The molecule has 0 aliphatic rings. The van der Waals surface area contributed by atoms with Crippen molar-refractivity contribution < 1.29 is 19.1 Å². The molecule has 1 aromatic rings. The Morgan fingerprint density at radius 2 is 2.04 bits per heavy atom. The van der Waals surface area contributed by atoms with Crippen LogP contribution < -0.4 is 20.2 Å². The van der Waals surface area contributed by atoms with E-state index in [1.807, 2.05) is 6.92 Å². The molecule has 0 spiro atoms. The van der Waals surface area contributed by atoms with E-state index in [9.17, 15) is 9.59 Å². The highest BCUT2D eigenvalue weighted by Crippen LogP contribution is 2.36. The SMILES string of the molecule is C=CCOc1c(Br)cc(/C=N\NC(=O)C(=O)NC(C)C)cc1OCC. The van der Waals surface area contributed by atoms with E-state index >= 15 is 0 Å². The average Bonchev–Trinajstić information content (AvgIpc) is 2.53. The summed E-state index contributed by atoms with van der Waals surface area (Å²) in [7, 11) is 0. The highest BCUT2D eigenvalue weighted by molar-refractivity contribution is 9.10. The summed E-state index contributed by atoms with van der Waals surface area (Å²) >= 11 is 3.42. The molecule has 0 aliphatic carbocycles. The second-order valence-electron chi connectivity index (χ2n) is 5.19. The predicted octanol–water partition coefficient (Wildman–Crippen LogP) is 2.39. The minimum atomic E-state index is -0.833. The number of ether oxygens (including phenoxy) is 2. The molecular weight excluding hydrogens is 390 g/mol. The van der Waals surface area contributed by atoms with Gasteiger partial charge in [0.25, 0.3) is 0 Å². The second kappa shape index (κ2) is 10.5. The van der Waals surface area contributed by atoms with Crippen molar-refractivity contribution in [1.29, 1.82) is 0 Å². The molecule has 136 valence electrons. The van der Waals surface area contributed by atoms with Gasteiger partial charge in [-0.15, -0.1) is 0 Å². The molecule has 0 atom stereocenters. The fourth-order valence-electron chi connectivity index (χ4n) is 1.75. The van der Waals surface area contributed by atoms with Crippen LogP contribution in [0.4, 0.5) is 0 Å². The average molecular weight is 412 g/mol. The van der Waals surface area contributed by atoms with E-state index in [0.29, 0.717) is 34.7 Å². The van der Waals surface area contributed by atoms with Crippen LogP contribution in [0.5, 0.6) is 11.5 Å². The van der Waals surface area contributed by atoms with Gasteiger partial charge in [0.05, 0.1) is 17.3 Å². The van der Waals surface area contributed by atoms with Crippen LogP contribution in [0.25, 0.3) is 0 Å². The van der Waals surface area contributed by atoms with Crippen molar-refractivity contribution in [2.24, 2.45) is 5.10 Å². The number of hydrogen-bond donors (Lipinski definition) is 2. The third-order valence-electron chi connectivity index (χ3n) is 2.68. The molecule has 0 aliphatic heterocycles. The van der Waals surface area contributed by atoms with E-state index < -0.39 is 11.8 Å². The van der Waals surface area contributed by atoms with Crippen molar-refractivity contribution in [1.82, 2.24) is 10.7 Å². The number of halogens is 1. The molecule has 0 radical (unpaired) electrons. The van der Waals surface area contributed by atoms with Gasteiger partial charge in [-0.1, -0.05) is 12.7 Å². The van der Waals surface area contributed by atoms with Crippen molar-refractivity contribution in [2.75, 3.05) is 13.2 Å². The summed E-state index contributed by atoms with van der Waals surface area (Å²) < 4.78 is 11.8. The molecule has 0 saturated heterocycles. The van der Waals surface area contributed by atoms with E-state index in [-0.39, 0.29) is 6.04 Å². The highest BCUT2D eigenvalue weighted by Gasteiger charge is 2.14. The summed E-state index contributed by atoms with van der Waals surface area (Å²) in [5.74, 6) is -0.486. The summed E-state index contributed by atoms with van der Waals surface area (Å²) in [4.78, 5) is 23.1. The summed E-state index contributed by atoms with van der Waals surface area (Å²) in [5, 5.41) is 6.26. The summed E-state index contributed by atoms with van der Waals surface area (Å²) in [5.41, 5.74) is 2.83. The number of hydrazone groups is 1. The summed E-state index contributed by atoms with van der Waals surface area (Å²) in [6, 6.07) is 3.34. The molecule has 2 amide bonds. The van der Waals surface area contributed by atoms with Crippen molar-refractivity contribution in [3.63, 3.8) is 0 Å². The fourth-order valence-corrected chi connectivity index (χ4v) is 2.33. The zero-order chi connectivity index (χ0) is 18.8. The Kier molecular flexibility index (Phi) is 8.69. The number of nitrogens with one attached hydrogen (secondary N) is 2. The Morgan fingerprint density at radius 1 is 1.32 bits per heavy atom. The minimum Gasteiger partial charge on any atom is -0.490 e. The quantitative estimate of drug-likeness (QED) is 0.297. The molecule has 0 fully saturated rings. The van der Waals surface area contributed by atoms with Gasteiger partial charge in [0, 0.05) is 6.04 Å². The molecule has 0 bridgehead atoms. The van der Waals surface area contributed by atoms with Gasteiger partial charge in [0.15, 0.2) is 11.5 Å². The second-order valence-corrected chi connectivity index (χ2v) is 6.04. The number of nitrogens with zero attached hydrogens (tertiary/aromatic N) is 1. The van der Waals surface area contributed by atoms with E-state index in [4.69, 9.17) is 9.47 Å². The van der Waals surface area contributed by atoms with Crippen LogP contribution in [0, 0.1) is 0 Å². The third kappa shape index (κ3) is 6.96. The molecule has 0 saturated carbocycles. The number of carbonyl (C=O) groups excluding carboxylic acids is 2. The minimum absolute atomic E-state index is 0.130. The third-order valence-corrected chi connectivity index (χ3v) is 3.27. The number of benzene rings is 1. The fraction of sp³-hybridized carbons (Fsp3) is 0.353. The standard InChI is InChI=1S/C17H22BrN3O4/c1-5-7-25-15-13(18)8-12(9-14(15)24-6-2)10-19-21-17(23)16(22)20-11(3)4/h5,8-11H,1,6-7H2,2-4H3,(H,20,22)(H,21,23)/b19-10-. The van der Waals surface area contributed by atoms with E-state index in [1.165, 1.54) is 6.21 Å². The van der Waals surface area contributed by atoms with Crippen LogP contribution in [0.15, 0.2) is 34.4 Å². The first-order valence-corrected chi connectivity index (χ1v) is 8.52. The van der Waals surface area contributed by atoms with Crippen LogP contribution in [0.2, 0.25) is 0 Å². The lowest BCUT2D eigenvalue weighted by atomic mass is 10.2. The Bertz CT molecular complexity index is 660. The molecule has 25 heavy (non-hydrogen) atoms. The zero-order valence-corrected chi connectivity index (χ0v) is 16.1. The molecular formula is C17H22BrN3O4. The monoisotopic (exact) mass is 411 g/mol. The van der Waals surface area contributed by atoms with Gasteiger partial charge in [-0.2, -0.15) is 5.10 Å². The summed E-state index contributed by atoms with van der Waals surface area (Å²) in [6.07, 6.45) is 3.04. The molecule has 0 aromatic heterocycles. The molecule has 1 aromatic carbocycles. The topological polar surface area (TPSA) is 89.0 Å². The van der Waals surface area contributed by atoms with Crippen LogP contribution in [-0.2, 0) is 9.59 Å². The number of hydrogen-bond acceptors (Lipinski definition) is 5. The van der Waals surface area contributed by atoms with E-state index in [1.54, 1.807) is 32.1 Å². The first-order chi connectivity index (χ1) is 11.9. The molecule has 7 nitrogen and oxygen atoms in total. The van der Waals surface area contributed by atoms with Crippen LogP contribution >= 0.6 is 15.9 Å². The molecule has 0 heterocycles. The maximum Gasteiger partial charge on any atom is 0.329 e. The van der Waals surface area contributed by atoms with Crippen molar-refractivity contribution in [3.05, 3.63) is 34.8 Å². The maximum absolute atomic E-state index is 11.6. The molecule has 0 unspecified atom stereocenters. The Balaban J connectivity index is 2.86. The van der Waals surface area contributed by atoms with Gasteiger partial charge in [-0.3, -0.25) is 9.59 Å². The smallest absolute Gasteiger partial charge is 0.329 e. The normalized spacial score (nSPS) is 10.6. The molecule has 1 rings (SSSR count). The molecule has 2 N–H and O–H groups in total. The van der Waals surface area contributed by atoms with Crippen molar-refractivity contribution in [2.45, 2.75) is 26.8 Å². The maximum atomic E-state index is 11.6. The zero-order valence-electron chi connectivity index (χ0n) is 14.5. The van der Waals surface area contributed by atoms with Crippen molar-refractivity contribution >= 4 is 34.0 Å². The predicted molar refractivity (Wildman–Crippen MR) is 100 cm³/mol. The van der Waals surface area contributed by atoms with Crippen LogP contribution in [0.3, 0.4) is 0 Å². The van der Waals surface area contributed by atoms with Gasteiger partial charge in [-0.05, 0) is 54.4 Å². The Morgan fingerprint density at radius 3 is 2.64 bits per heavy atom. The number of rotatable bonds is 8. The number of carbonyl (C=O) groups is 2. The van der Waals surface area contributed by atoms with Gasteiger partial charge >= 0.3 is 11.8 Å². The highest BCUT2D eigenvalue weighted by atomic mass is 79.9. The van der Waals surface area contributed by atoms with Crippen LogP contribution in [0.1, 0.15) is 26.3 Å². The van der Waals surface area contributed by atoms with Gasteiger partial charge < -0.3 is 14.8 Å². The Labute approximate surface area is 155 Å². The lowest BCUT2D eigenvalue weighted by molar-refractivity contribution is -0.139. The van der Waals surface area contributed by atoms with Gasteiger partial charge in [0.1, 0.15) is 6.61 Å². The lowest BCUT2D eigenvalue weighted by Crippen LogP contribution is -2.41. The van der Waals surface area contributed by atoms with Gasteiger partial charge in [0.2, 0.25) is 0 Å². The largest absolute Gasteiger partial charge is 0.490 e. The van der Waals surface area contributed by atoms with E-state index in [0.717, 1.165) is 0 Å². The van der Waals surface area contributed by atoms with Crippen LogP contribution in [-0.4, -0.2) is 37.3 Å². The van der Waals surface area contributed by atoms with Gasteiger partial charge in [-0.25, -0.2) is 5.43 Å². The van der Waals surface area contributed by atoms with Crippen molar-refractivity contribution in [3.8, 4) is 11.5 Å². The Hall–Kier alpha value is -2.35. The summed E-state index contributed by atoms with van der Waals surface area (Å²) in [6.45, 7) is 9.80. The lowest BCUT2D eigenvalue weighted by Gasteiger charge is -2.13.